The second kappa shape index (κ2) is 3.53. The number of carbonyl (C=O) groups is 1. The Labute approximate surface area is 86.4 Å². The molecule has 0 aliphatic carbocycles. The Bertz CT molecular complexity index is 470. The second-order valence-corrected chi connectivity index (χ2v) is 4.14. The van der Waals surface area contributed by atoms with E-state index in [1.807, 2.05) is 16.7 Å². The molecule has 2 aromatic heterocycles. The van der Waals surface area contributed by atoms with E-state index in [1.165, 1.54) is 0 Å². The average Bonchev–Trinajstić information content (AvgIpc) is 2.67. The molecule has 0 spiro atoms. The number of carbonyl (C=O) groups excluding carboxylic acids is 1. The summed E-state index contributed by atoms with van der Waals surface area (Å²) in [5, 5.41) is 2.02. The molecule has 0 atom stereocenters. The van der Waals surface area contributed by atoms with E-state index in [0.29, 0.717) is 0 Å². The van der Waals surface area contributed by atoms with Gasteiger partial charge in [-0.3, -0.25) is 9.20 Å². The standard InChI is InChI=1S/C10H12N2OS/c1-3-4-8-9(5-13)12-7(2)6-14-10(12)11-8/h5-6H,3-4H2,1-2H3. The maximum atomic E-state index is 11.0. The molecule has 4 heteroatoms. The van der Waals surface area contributed by atoms with Crippen LogP contribution in [0.1, 0.15) is 35.2 Å². The van der Waals surface area contributed by atoms with Gasteiger partial charge in [0.2, 0.25) is 0 Å². The number of rotatable bonds is 3. The zero-order chi connectivity index (χ0) is 10.1. The summed E-state index contributed by atoms with van der Waals surface area (Å²) in [6.07, 6.45) is 2.80. The summed E-state index contributed by atoms with van der Waals surface area (Å²) in [6, 6.07) is 0. The topological polar surface area (TPSA) is 34.4 Å². The highest BCUT2D eigenvalue weighted by atomic mass is 32.1. The third-order valence-electron chi connectivity index (χ3n) is 2.24. The first-order chi connectivity index (χ1) is 6.77. The van der Waals surface area contributed by atoms with E-state index in [0.717, 1.165) is 41.2 Å². The van der Waals surface area contributed by atoms with Crippen LogP contribution >= 0.6 is 11.3 Å². The number of imidazole rings is 1. The molecular weight excluding hydrogens is 196 g/mol. The zero-order valence-corrected chi connectivity index (χ0v) is 9.10. The Kier molecular flexibility index (Phi) is 2.37. The van der Waals surface area contributed by atoms with Crippen molar-refractivity contribution in [1.29, 1.82) is 0 Å². The highest BCUT2D eigenvalue weighted by Crippen LogP contribution is 2.20. The fraction of sp³-hybridized carbons (Fsp3) is 0.400. The Morgan fingerprint density at radius 2 is 2.43 bits per heavy atom. The molecule has 2 rings (SSSR count). The molecule has 2 aromatic rings. The molecule has 0 unspecified atom stereocenters. The Balaban J connectivity index is 2.67. The van der Waals surface area contributed by atoms with Gasteiger partial charge in [0.1, 0.15) is 5.69 Å². The fourth-order valence-electron chi connectivity index (χ4n) is 1.61. The SMILES string of the molecule is CCCc1nc2scc(C)n2c1C=O. The minimum Gasteiger partial charge on any atom is -0.296 e. The zero-order valence-electron chi connectivity index (χ0n) is 8.28. The van der Waals surface area contributed by atoms with Gasteiger partial charge in [-0.1, -0.05) is 13.3 Å². The van der Waals surface area contributed by atoms with Crippen molar-refractivity contribution >= 4 is 22.6 Å². The molecule has 0 aromatic carbocycles. The lowest BCUT2D eigenvalue weighted by atomic mass is 10.2. The van der Waals surface area contributed by atoms with Crippen LogP contribution in [0.25, 0.3) is 4.96 Å². The summed E-state index contributed by atoms with van der Waals surface area (Å²) < 4.78 is 1.93. The van der Waals surface area contributed by atoms with Crippen LogP contribution in [0.2, 0.25) is 0 Å². The first-order valence-corrected chi connectivity index (χ1v) is 5.56. The smallest absolute Gasteiger partial charge is 0.194 e. The number of aryl methyl sites for hydroxylation is 2. The van der Waals surface area contributed by atoms with Crippen molar-refractivity contribution in [3.8, 4) is 0 Å². The second-order valence-electron chi connectivity index (χ2n) is 3.31. The van der Waals surface area contributed by atoms with E-state index in [9.17, 15) is 4.79 Å². The molecule has 3 nitrogen and oxygen atoms in total. The Morgan fingerprint density at radius 3 is 3.07 bits per heavy atom. The maximum absolute atomic E-state index is 11.0. The monoisotopic (exact) mass is 208 g/mol. The first kappa shape index (κ1) is 9.40. The highest BCUT2D eigenvalue weighted by Gasteiger charge is 2.13. The van der Waals surface area contributed by atoms with Crippen molar-refractivity contribution in [2.45, 2.75) is 26.7 Å². The molecule has 0 aliphatic rings. The van der Waals surface area contributed by atoms with Crippen molar-refractivity contribution in [3.05, 3.63) is 22.5 Å². The lowest BCUT2D eigenvalue weighted by Gasteiger charge is -1.95. The van der Waals surface area contributed by atoms with Crippen LogP contribution in [0.4, 0.5) is 0 Å². The lowest BCUT2D eigenvalue weighted by molar-refractivity contribution is 0.111. The number of hydrogen-bond acceptors (Lipinski definition) is 3. The average molecular weight is 208 g/mol. The van der Waals surface area contributed by atoms with E-state index in [4.69, 9.17) is 0 Å². The van der Waals surface area contributed by atoms with Crippen molar-refractivity contribution < 1.29 is 4.79 Å². The third kappa shape index (κ3) is 1.26. The minimum absolute atomic E-state index is 0.723. The molecule has 0 aliphatic heterocycles. The van der Waals surface area contributed by atoms with Crippen LogP contribution in [0.15, 0.2) is 5.38 Å². The van der Waals surface area contributed by atoms with Crippen LogP contribution < -0.4 is 0 Å². The number of hydrogen-bond donors (Lipinski definition) is 0. The normalized spacial score (nSPS) is 11.0. The number of thiazole rings is 1. The van der Waals surface area contributed by atoms with Gasteiger partial charge in [0.05, 0.1) is 5.69 Å². The number of aldehydes is 1. The molecule has 74 valence electrons. The van der Waals surface area contributed by atoms with E-state index < -0.39 is 0 Å². The van der Waals surface area contributed by atoms with Crippen LogP contribution in [-0.2, 0) is 6.42 Å². The van der Waals surface area contributed by atoms with Crippen molar-refractivity contribution in [2.75, 3.05) is 0 Å². The van der Waals surface area contributed by atoms with Gasteiger partial charge in [0.15, 0.2) is 11.2 Å². The summed E-state index contributed by atoms with van der Waals surface area (Å²) in [6.45, 7) is 4.09. The summed E-state index contributed by atoms with van der Waals surface area (Å²) in [5.74, 6) is 0. The van der Waals surface area contributed by atoms with Gasteiger partial charge >= 0.3 is 0 Å². The summed E-state index contributed by atoms with van der Waals surface area (Å²) >= 11 is 1.58. The van der Waals surface area contributed by atoms with Crippen molar-refractivity contribution in [3.63, 3.8) is 0 Å². The lowest BCUT2D eigenvalue weighted by Crippen LogP contribution is -1.95. The van der Waals surface area contributed by atoms with Crippen LogP contribution in [-0.4, -0.2) is 15.7 Å². The van der Waals surface area contributed by atoms with Gasteiger partial charge in [-0.25, -0.2) is 4.98 Å². The first-order valence-electron chi connectivity index (χ1n) is 4.68. The number of aromatic nitrogens is 2. The Hall–Kier alpha value is -1.16. The molecule has 0 bridgehead atoms. The molecular formula is C10H12N2OS. The van der Waals surface area contributed by atoms with Crippen molar-refractivity contribution in [2.24, 2.45) is 0 Å². The predicted molar refractivity (Wildman–Crippen MR) is 57.2 cm³/mol. The summed E-state index contributed by atoms with van der Waals surface area (Å²) in [7, 11) is 0. The molecule has 0 amide bonds. The van der Waals surface area contributed by atoms with Crippen molar-refractivity contribution in [1.82, 2.24) is 9.38 Å². The summed E-state index contributed by atoms with van der Waals surface area (Å²) in [5.41, 5.74) is 2.74. The molecule has 14 heavy (non-hydrogen) atoms. The predicted octanol–water partition coefficient (Wildman–Crippen LogP) is 2.47. The van der Waals surface area contributed by atoms with Crippen LogP contribution in [0.5, 0.6) is 0 Å². The molecule has 0 saturated heterocycles. The van der Waals surface area contributed by atoms with Crippen LogP contribution in [0, 0.1) is 6.92 Å². The van der Waals surface area contributed by atoms with Gasteiger partial charge in [-0.05, 0) is 13.3 Å². The molecule has 0 N–H and O–H groups in total. The van der Waals surface area contributed by atoms with E-state index >= 15 is 0 Å². The van der Waals surface area contributed by atoms with Gasteiger partial charge in [-0.2, -0.15) is 0 Å². The maximum Gasteiger partial charge on any atom is 0.194 e. The highest BCUT2D eigenvalue weighted by molar-refractivity contribution is 7.15. The van der Waals surface area contributed by atoms with Crippen LogP contribution in [0.3, 0.4) is 0 Å². The molecule has 0 radical (unpaired) electrons. The number of fused-ring (bicyclic) bond motifs is 1. The third-order valence-corrected chi connectivity index (χ3v) is 3.19. The Morgan fingerprint density at radius 1 is 1.64 bits per heavy atom. The van der Waals surface area contributed by atoms with Gasteiger partial charge in [-0.15, -0.1) is 11.3 Å². The fourth-order valence-corrected chi connectivity index (χ4v) is 2.50. The van der Waals surface area contributed by atoms with E-state index in [1.54, 1.807) is 11.3 Å². The largest absolute Gasteiger partial charge is 0.296 e. The van der Waals surface area contributed by atoms with E-state index in [2.05, 4.69) is 11.9 Å². The number of nitrogens with zero attached hydrogens (tertiary/aromatic N) is 2. The molecule has 0 fully saturated rings. The minimum atomic E-state index is 0.723. The molecule has 0 saturated carbocycles. The summed E-state index contributed by atoms with van der Waals surface area (Å²) in [4.78, 5) is 16.3. The van der Waals surface area contributed by atoms with E-state index in [-0.39, 0.29) is 0 Å². The van der Waals surface area contributed by atoms with Gasteiger partial charge < -0.3 is 0 Å². The van der Waals surface area contributed by atoms with Gasteiger partial charge in [0, 0.05) is 11.1 Å². The molecule has 2 heterocycles. The van der Waals surface area contributed by atoms with Gasteiger partial charge in [0.25, 0.3) is 0 Å². The quantitative estimate of drug-likeness (QED) is 0.726.